The Kier molecular flexibility index (Phi) is 4.97. The zero-order valence-electron chi connectivity index (χ0n) is 11.9. The van der Waals surface area contributed by atoms with E-state index in [2.05, 4.69) is 36.9 Å². The van der Waals surface area contributed by atoms with Crippen LogP contribution in [0.25, 0.3) is 0 Å². The minimum absolute atomic E-state index is 0.406. The normalized spacial score (nSPS) is 16.6. The molecule has 0 radical (unpaired) electrons. The van der Waals surface area contributed by atoms with Crippen molar-refractivity contribution in [3.05, 3.63) is 29.3 Å². The molecule has 0 N–H and O–H groups in total. The number of para-hydroxylation sites is 1. The van der Waals surface area contributed by atoms with Crippen LogP contribution in [0.15, 0.2) is 18.2 Å². The molecular weight excluding hydrogens is 238 g/mol. The summed E-state index contributed by atoms with van der Waals surface area (Å²) in [5.74, 6) is 1.43. The summed E-state index contributed by atoms with van der Waals surface area (Å²) in [6.07, 6.45) is 2.46. The van der Waals surface area contributed by atoms with Crippen LogP contribution in [-0.2, 0) is 4.79 Å². The number of aryl methyl sites for hydroxylation is 2. The zero-order valence-corrected chi connectivity index (χ0v) is 11.9. The van der Waals surface area contributed by atoms with Crippen LogP contribution in [0.5, 0.6) is 5.75 Å². The summed E-state index contributed by atoms with van der Waals surface area (Å²) in [6, 6.07) is 6.22. The van der Waals surface area contributed by atoms with Crippen molar-refractivity contribution in [1.29, 1.82) is 0 Å². The SMILES string of the molecule is Cc1cccc(C)c1OCCCN1CCC(=O)CC1. The highest BCUT2D eigenvalue weighted by Gasteiger charge is 2.15. The van der Waals surface area contributed by atoms with E-state index >= 15 is 0 Å². The highest BCUT2D eigenvalue weighted by atomic mass is 16.5. The Morgan fingerprint density at radius 3 is 2.42 bits per heavy atom. The number of ether oxygens (including phenoxy) is 1. The van der Waals surface area contributed by atoms with E-state index in [9.17, 15) is 4.79 Å². The Labute approximate surface area is 115 Å². The lowest BCUT2D eigenvalue weighted by molar-refractivity contribution is -0.121. The Hall–Kier alpha value is -1.35. The Bertz CT molecular complexity index is 412. The van der Waals surface area contributed by atoms with Crippen LogP contribution in [0.1, 0.15) is 30.4 Å². The maximum atomic E-state index is 11.1. The number of hydrogen-bond donors (Lipinski definition) is 0. The van der Waals surface area contributed by atoms with Crippen molar-refractivity contribution in [1.82, 2.24) is 4.90 Å². The molecule has 0 spiro atoms. The number of benzene rings is 1. The van der Waals surface area contributed by atoms with Crippen LogP contribution < -0.4 is 4.74 Å². The molecule has 1 aliphatic heterocycles. The lowest BCUT2D eigenvalue weighted by Gasteiger charge is -2.25. The first-order valence-corrected chi connectivity index (χ1v) is 7.10. The fraction of sp³-hybridized carbons (Fsp3) is 0.562. The van der Waals surface area contributed by atoms with E-state index in [1.165, 1.54) is 11.1 Å². The van der Waals surface area contributed by atoms with E-state index in [4.69, 9.17) is 4.74 Å². The van der Waals surface area contributed by atoms with Gasteiger partial charge in [-0.05, 0) is 31.4 Å². The minimum Gasteiger partial charge on any atom is -0.493 e. The molecule has 3 heteroatoms. The van der Waals surface area contributed by atoms with Crippen molar-refractivity contribution < 1.29 is 9.53 Å². The van der Waals surface area contributed by atoms with Gasteiger partial charge in [-0.25, -0.2) is 0 Å². The number of hydrogen-bond acceptors (Lipinski definition) is 3. The van der Waals surface area contributed by atoms with Gasteiger partial charge in [0.15, 0.2) is 0 Å². The fourth-order valence-corrected chi connectivity index (χ4v) is 2.52. The molecule has 1 fully saturated rings. The third-order valence-corrected chi connectivity index (χ3v) is 3.69. The smallest absolute Gasteiger partial charge is 0.135 e. The molecule has 0 aromatic heterocycles. The van der Waals surface area contributed by atoms with Gasteiger partial charge in [-0.1, -0.05) is 18.2 Å². The predicted octanol–water partition coefficient (Wildman–Crippen LogP) is 2.74. The van der Waals surface area contributed by atoms with Crippen LogP contribution >= 0.6 is 0 Å². The van der Waals surface area contributed by atoms with Crippen LogP contribution in [0.4, 0.5) is 0 Å². The van der Waals surface area contributed by atoms with E-state index in [1.807, 2.05) is 0 Å². The van der Waals surface area contributed by atoms with E-state index in [-0.39, 0.29) is 0 Å². The van der Waals surface area contributed by atoms with Gasteiger partial charge in [-0.15, -0.1) is 0 Å². The van der Waals surface area contributed by atoms with Gasteiger partial charge in [0.2, 0.25) is 0 Å². The highest BCUT2D eigenvalue weighted by molar-refractivity contribution is 5.79. The van der Waals surface area contributed by atoms with Gasteiger partial charge < -0.3 is 9.64 Å². The first-order valence-electron chi connectivity index (χ1n) is 7.10. The molecule has 1 aliphatic rings. The number of nitrogens with zero attached hydrogens (tertiary/aromatic N) is 1. The summed E-state index contributed by atoms with van der Waals surface area (Å²) in [6.45, 7) is 7.77. The second kappa shape index (κ2) is 6.71. The standard InChI is InChI=1S/C16H23NO2/c1-13-5-3-6-14(2)16(13)19-12-4-9-17-10-7-15(18)8-11-17/h3,5-6H,4,7-12H2,1-2H3. The molecule has 0 bridgehead atoms. The first kappa shape index (κ1) is 14.1. The van der Waals surface area contributed by atoms with E-state index < -0.39 is 0 Å². The second-order valence-corrected chi connectivity index (χ2v) is 5.30. The molecule has 0 amide bonds. The summed E-state index contributed by atoms with van der Waals surface area (Å²) >= 11 is 0. The van der Waals surface area contributed by atoms with Crippen LogP contribution in [-0.4, -0.2) is 36.9 Å². The van der Waals surface area contributed by atoms with Gasteiger partial charge in [0.25, 0.3) is 0 Å². The Balaban J connectivity index is 1.71. The topological polar surface area (TPSA) is 29.5 Å². The van der Waals surface area contributed by atoms with Crippen molar-refractivity contribution in [3.63, 3.8) is 0 Å². The zero-order chi connectivity index (χ0) is 13.7. The molecule has 0 unspecified atom stereocenters. The number of rotatable bonds is 5. The summed E-state index contributed by atoms with van der Waals surface area (Å²) in [7, 11) is 0. The molecule has 0 atom stereocenters. The fourth-order valence-electron chi connectivity index (χ4n) is 2.52. The molecule has 1 aromatic carbocycles. The van der Waals surface area contributed by atoms with E-state index in [0.29, 0.717) is 5.78 Å². The number of ketones is 1. The minimum atomic E-state index is 0.406. The third kappa shape index (κ3) is 4.06. The quantitative estimate of drug-likeness (QED) is 0.763. The maximum Gasteiger partial charge on any atom is 0.135 e. The van der Waals surface area contributed by atoms with E-state index in [0.717, 1.165) is 51.3 Å². The van der Waals surface area contributed by atoms with Crippen LogP contribution in [0.3, 0.4) is 0 Å². The summed E-state index contributed by atoms with van der Waals surface area (Å²) in [5.41, 5.74) is 2.40. The van der Waals surface area contributed by atoms with Gasteiger partial charge in [-0.3, -0.25) is 4.79 Å². The molecular formula is C16H23NO2. The number of likely N-dealkylation sites (tertiary alicyclic amines) is 1. The Morgan fingerprint density at radius 2 is 1.79 bits per heavy atom. The lowest BCUT2D eigenvalue weighted by Crippen LogP contribution is -2.35. The summed E-state index contributed by atoms with van der Waals surface area (Å²) < 4.78 is 5.89. The average molecular weight is 261 g/mol. The monoisotopic (exact) mass is 261 g/mol. The molecule has 3 nitrogen and oxygen atoms in total. The summed E-state index contributed by atoms with van der Waals surface area (Å²) in [4.78, 5) is 13.5. The van der Waals surface area contributed by atoms with Crippen molar-refractivity contribution in [3.8, 4) is 5.75 Å². The van der Waals surface area contributed by atoms with Crippen molar-refractivity contribution >= 4 is 5.78 Å². The highest BCUT2D eigenvalue weighted by Crippen LogP contribution is 2.22. The molecule has 1 saturated heterocycles. The predicted molar refractivity (Wildman–Crippen MR) is 76.7 cm³/mol. The number of carbonyl (C=O) groups excluding carboxylic acids is 1. The second-order valence-electron chi connectivity index (χ2n) is 5.30. The molecule has 104 valence electrons. The third-order valence-electron chi connectivity index (χ3n) is 3.69. The average Bonchev–Trinajstić information content (AvgIpc) is 2.39. The molecule has 1 aromatic rings. The molecule has 2 rings (SSSR count). The lowest BCUT2D eigenvalue weighted by atomic mass is 10.1. The number of piperidine rings is 1. The van der Waals surface area contributed by atoms with Gasteiger partial charge in [0, 0.05) is 32.5 Å². The van der Waals surface area contributed by atoms with Crippen molar-refractivity contribution in [2.75, 3.05) is 26.2 Å². The number of Topliss-reactive ketones (excluding diaryl/α,β-unsaturated/α-hetero) is 1. The van der Waals surface area contributed by atoms with Gasteiger partial charge in [0.05, 0.1) is 6.61 Å². The number of carbonyl (C=O) groups is 1. The van der Waals surface area contributed by atoms with E-state index in [1.54, 1.807) is 0 Å². The maximum absolute atomic E-state index is 11.1. The molecule has 0 saturated carbocycles. The molecule has 1 heterocycles. The van der Waals surface area contributed by atoms with Crippen LogP contribution in [0, 0.1) is 13.8 Å². The Morgan fingerprint density at radius 1 is 1.16 bits per heavy atom. The first-order chi connectivity index (χ1) is 9.16. The summed E-state index contributed by atoms with van der Waals surface area (Å²) in [5, 5.41) is 0. The van der Waals surface area contributed by atoms with Crippen LogP contribution in [0.2, 0.25) is 0 Å². The van der Waals surface area contributed by atoms with Gasteiger partial charge >= 0.3 is 0 Å². The van der Waals surface area contributed by atoms with Crippen molar-refractivity contribution in [2.24, 2.45) is 0 Å². The largest absolute Gasteiger partial charge is 0.493 e. The molecule has 0 aliphatic carbocycles. The van der Waals surface area contributed by atoms with Gasteiger partial charge in [0.1, 0.15) is 11.5 Å². The van der Waals surface area contributed by atoms with Crippen molar-refractivity contribution in [2.45, 2.75) is 33.1 Å². The van der Waals surface area contributed by atoms with Gasteiger partial charge in [-0.2, -0.15) is 0 Å². The molecule has 19 heavy (non-hydrogen) atoms.